The van der Waals surface area contributed by atoms with Crippen LogP contribution in [-0.2, 0) is 0 Å². The molecule has 0 radical (unpaired) electrons. The van der Waals surface area contributed by atoms with Crippen molar-refractivity contribution < 1.29 is 4.74 Å². The molecule has 2 nitrogen and oxygen atoms in total. The van der Waals surface area contributed by atoms with E-state index in [9.17, 15) is 0 Å². The third-order valence-electron chi connectivity index (χ3n) is 2.87. The predicted molar refractivity (Wildman–Crippen MR) is 70.7 cm³/mol. The van der Waals surface area contributed by atoms with E-state index < -0.39 is 0 Å². The zero-order chi connectivity index (χ0) is 12.4. The quantitative estimate of drug-likeness (QED) is 0.748. The molecule has 1 aromatic heterocycles. The van der Waals surface area contributed by atoms with Gasteiger partial charge in [-0.15, -0.1) is 0 Å². The number of hydrogen-bond acceptors (Lipinski definition) is 2. The maximum atomic E-state index is 5.91. The summed E-state index contributed by atoms with van der Waals surface area (Å²) in [6.45, 7) is 4.11. The lowest BCUT2D eigenvalue weighted by molar-refractivity contribution is 0.413. The second-order valence-electron chi connectivity index (χ2n) is 3.93. The normalized spacial score (nSPS) is 10.4. The van der Waals surface area contributed by atoms with E-state index in [-0.39, 0.29) is 0 Å². The van der Waals surface area contributed by atoms with Crippen LogP contribution in [0.4, 0.5) is 0 Å². The first-order chi connectivity index (χ1) is 8.13. The molecule has 0 aliphatic rings. The SMILES string of the molecule is COc1c(-c2cccc(Cl)n2)ccc(C)c1C. The lowest BCUT2D eigenvalue weighted by Crippen LogP contribution is -1.95. The molecule has 0 atom stereocenters. The monoisotopic (exact) mass is 247 g/mol. The standard InChI is InChI=1S/C14H14ClNO/c1-9-7-8-11(14(17-3)10(9)2)12-5-4-6-13(15)16-12/h4-8H,1-3H3. The topological polar surface area (TPSA) is 22.1 Å². The molecule has 2 rings (SSSR count). The summed E-state index contributed by atoms with van der Waals surface area (Å²) in [5.74, 6) is 0.861. The highest BCUT2D eigenvalue weighted by Gasteiger charge is 2.11. The molecule has 2 aromatic rings. The maximum absolute atomic E-state index is 5.91. The summed E-state index contributed by atoms with van der Waals surface area (Å²) < 4.78 is 5.47. The molecule has 0 fully saturated rings. The second kappa shape index (κ2) is 4.76. The van der Waals surface area contributed by atoms with Gasteiger partial charge in [-0.1, -0.05) is 23.7 Å². The molecule has 0 aliphatic carbocycles. The Balaban J connectivity index is 2.63. The fraction of sp³-hybridized carbons (Fsp3) is 0.214. The molecule has 1 heterocycles. The van der Waals surface area contributed by atoms with Crippen molar-refractivity contribution in [1.29, 1.82) is 0 Å². The van der Waals surface area contributed by atoms with Gasteiger partial charge in [-0.2, -0.15) is 0 Å². The van der Waals surface area contributed by atoms with Crippen LogP contribution in [0.25, 0.3) is 11.3 Å². The summed E-state index contributed by atoms with van der Waals surface area (Å²) in [6, 6.07) is 9.66. The van der Waals surface area contributed by atoms with Crippen molar-refractivity contribution >= 4 is 11.6 Å². The molecule has 1 aromatic carbocycles. The van der Waals surface area contributed by atoms with Crippen LogP contribution in [0.15, 0.2) is 30.3 Å². The second-order valence-corrected chi connectivity index (χ2v) is 4.32. The van der Waals surface area contributed by atoms with Gasteiger partial charge in [0.1, 0.15) is 10.9 Å². The van der Waals surface area contributed by atoms with Gasteiger partial charge in [-0.05, 0) is 43.2 Å². The van der Waals surface area contributed by atoms with Crippen LogP contribution >= 0.6 is 11.6 Å². The van der Waals surface area contributed by atoms with Gasteiger partial charge in [0.05, 0.1) is 12.8 Å². The highest BCUT2D eigenvalue weighted by molar-refractivity contribution is 6.29. The van der Waals surface area contributed by atoms with E-state index in [4.69, 9.17) is 16.3 Å². The number of methoxy groups -OCH3 is 1. The number of pyridine rings is 1. The summed E-state index contributed by atoms with van der Waals surface area (Å²) in [5, 5.41) is 0.489. The molecule has 0 spiro atoms. The summed E-state index contributed by atoms with van der Waals surface area (Å²) in [7, 11) is 1.68. The summed E-state index contributed by atoms with van der Waals surface area (Å²) in [6.07, 6.45) is 0. The summed E-state index contributed by atoms with van der Waals surface area (Å²) in [4.78, 5) is 4.31. The molecule has 3 heteroatoms. The van der Waals surface area contributed by atoms with Crippen LogP contribution in [0.5, 0.6) is 5.75 Å². The zero-order valence-corrected chi connectivity index (χ0v) is 10.9. The smallest absolute Gasteiger partial charge is 0.131 e. The van der Waals surface area contributed by atoms with Crippen LogP contribution in [0, 0.1) is 13.8 Å². The van der Waals surface area contributed by atoms with Crippen LogP contribution in [-0.4, -0.2) is 12.1 Å². The minimum absolute atomic E-state index is 0.489. The average Bonchev–Trinajstić information content (AvgIpc) is 2.32. The number of ether oxygens (including phenoxy) is 1. The van der Waals surface area contributed by atoms with Gasteiger partial charge < -0.3 is 4.74 Å². The number of aromatic nitrogens is 1. The molecule has 0 saturated heterocycles. The highest BCUT2D eigenvalue weighted by Crippen LogP contribution is 2.33. The van der Waals surface area contributed by atoms with Gasteiger partial charge in [-0.3, -0.25) is 0 Å². The molecule has 0 aliphatic heterocycles. The number of halogens is 1. The summed E-state index contributed by atoms with van der Waals surface area (Å²) in [5.41, 5.74) is 4.13. The average molecular weight is 248 g/mol. The van der Waals surface area contributed by atoms with Crippen LogP contribution < -0.4 is 4.74 Å². The van der Waals surface area contributed by atoms with Crippen molar-refractivity contribution in [3.63, 3.8) is 0 Å². The minimum Gasteiger partial charge on any atom is -0.496 e. The van der Waals surface area contributed by atoms with Crippen molar-refractivity contribution in [2.75, 3.05) is 7.11 Å². The molecule has 17 heavy (non-hydrogen) atoms. The number of benzene rings is 1. The number of hydrogen-bond donors (Lipinski definition) is 0. The molecule has 0 saturated carbocycles. The highest BCUT2D eigenvalue weighted by atomic mass is 35.5. The van der Waals surface area contributed by atoms with Crippen molar-refractivity contribution in [3.8, 4) is 17.0 Å². The van der Waals surface area contributed by atoms with Crippen molar-refractivity contribution in [3.05, 3.63) is 46.6 Å². The fourth-order valence-electron chi connectivity index (χ4n) is 1.81. The third-order valence-corrected chi connectivity index (χ3v) is 3.08. The Morgan fingerprint density at radius 1 is 1.12 bits per heavy atom. The first-order valence-electron chi connectivity index (χ1n) is 5.40. The van der Waals surface area contributed by atoms with E-state index in [0.29, 0.717) is 5.15 Å². The largest absolute Gasteiger partial charge is 0.496 e. The third kappa shape index (κ3) is 2.27. The van der Waals surface area contributed by atoms with Crippen molar-refractivity contribution in [2.24, 2.45) is 0 Å². The molecule has 0 unspecified atom stereocenters. The fourth-order valence-corrected chi connectivity index (χ4v) is 1.98. The molecule has 88 valence electrons. The molecule has 0 bridgehead atoms. The predicted octanol–water partition coefficient (Wildman–Crippen LogP) is 4.03. The lowest BCUT2D eigenvalue weighted by Gasteiger charge is -2.13. The van der Waals surface area contributed by atoms with E-state index in [1.807, 2.05) is 25.1 Å². The zero-order valence-electron chi connectivity index (χ0n) is 10.1. The minimum atomic E-state index is 0.489. The Morgan fingerprint density at radius 3 is 2.53 bits per heavy atom. The van der Waals surface area contributed by atoms with Gasteiger partial charge in [0.25, 0.3) is 0 Å². The van der Waals surface area contributed by atoms with E-state index in [1.54, 1.807) is 13.2 Å². The van der Waals surface area contributed by atoms with Gasteiger partial charge in [-0.25, -0.2) is 4.98 Å². The number of nitrogens with zero attached hydrogens (tertiary/aromatic N) is 1. The van der Waals surface area contributed by atoms with E-state index in [2.05, 4.69) is 18.0 Å². The Bertz CT molecular complexity index is 552. The van der Waals surface area contributed by atoms with E-state index in [0.717, 1.165) is 22.6 Å². The van der Waals surface area contributed by atoms with Crippen LogP contribution in [0.3, 0.4) is 0 Å². The lowest BCUT2D eigenvalue weighted by atomic mass is 10.0. The first kappa shape index (κ1) is 11.9. The molecule has 0 N–H and O–H groups in total. The van der Waals surface area contributed by atoms with Crippen molar-refractivity contribution in [2.45, 2.75) is 13.8 Å². The maximum Gasteiger partial charge on any atom is 0.131 e. The number of aryl methyl sites for hydroxylation is 1. The molecular formula is C14H14ClNO. The van der Waals surface area contributed by atoms with Gasteiger partial charge in [0.15, 0.2) is 0 Å². The Kier molecular flexibility index (Phi) is 3.34. The van der Waals surface area contributed by atoms with E-state index in [1.165, 1.54) is 5.56 Å². The van der Waals surface area contributed by atoms with Gasteiger partial charge in [0, 0.05) is 5.56 Å². The van der Waals surface area contributed by atoms with Gasteiger partial charge >= 0.3 is 0 Å². The number of rotatable bonds is 2. The molecule has 0 amide bonds. The van der Waals surface area contributed by atoms with E-state index >= 15 is 0 Å². The Labute approximate surface area is 106 Å². The Morgan fingerprint density at radius 2 is 1.88 bits per heavy atom. The Hall–Kier alpha value is -1.54. The summed E-state index contributed by atoms with van der Waals surface area (Å²) >= 11 is 5.91. The van der Waals surface area contributed by atoms with Crippen LogP contribution in [0.1, 0.15) is 11.1 Å². The first-order valence-corrected chi connectivity index (χ1v) is 5.78. The van der Waals surface area contributed by atoms with Crippen molar-refractivity contribution in [1.82, 2.24) is 4.98 Å². The van der Waals surface area contributed by atoms with Crippen LogP contribution in [0.2, 0.25) is 5.15 Å². The van der Waals surface area contributed by atoms with Gasteiger partial charge in [0.2, 0.25) is 0 Å². The molecular weight excluding hydrogens is 234 g/mol.